The number of carbonyl (C=O) groups is 1. The van der Waals surface area contributed by atoms with Gasteiger partial charge >= 0.3 is 5.63 Å². The highest BCUT2D eigenvalue weighted by Crippen LogP contribution is 2.14. The average molecular weight is 268 g/mol. The summed E-state index contributed by atoms with van der Waals surface area (Å²) in [7, 11) is 1.48. The van der Waals surface area contributed by atoms with Crippen molar-refractivity contribution in [2.24, 2.45) is 7.05 Å². The molecule has 0 spiro atoms. The van der Waals surface area contributed by atoms with Crippen LogP contribution >= 0.6 is 0 Å². The molecule has 1 aromatic carbocycles. The maximum atomic E-state index is 13.0. The summed E-state index contributed by atoms with van der Waals surface area (Å²) < 4.78 is 31.6. The molecule has 2 aromatic rings. The normalized spacial score (nSPS) is 10.5. The molecule has 0 atom stereocenters. The third kappa shape index (κ3) is 2.40. The largest absolute Gasteiger partial charge is 0.370 e. The molecule has 5 nitrogen and oxygen atoms in total. The molecule has 0 fully saturated rings. The summed E-state index contributed by atoms with van der Waals surface area (Å²) >= 11 is 0. The predicted molar refractivity (Wildman–Crippen MR) is 63.0 cm³/mol. The van der Waals surface area contributed by atoms with Crippen LogP contribution in [0.2, 0.25) is 0 Å². The fourth-order valence-electron chi connectivity index (χ4n) is 1.57. The van der Waals surface area contributed by atoms with Gasteiger partial charge < -0.3 is 9.84 Å². The van der Waals surface area contributed by atoms with E-state index >= 15 is 0 Å². The van der Waals surface area contributed by atoms with E-state index in [0.717, 1.165) is 16.9 Å². The summed E-state index contributed by atoms with van der Waals surface area (Å²) in [5.41, 5.74) is -0.580. The number of nitrogens with zero attached hydrogens (tertiary/aromatic N) is 1. The second-order valence-corrected chi connectivity index (χ2v) is 3.92. The fraction of sp³-hybridized carbons (Fsp3) is 0.167. The molecule has 7 heteroatoms. The van der Waals surface area contributed by atoms with Crippen molar-refractivity contribution in [3.05, 3.63) is 51.5 Å². The van der Waals surface area contributed by atoms with Gasteiger partial charge in [0.25, 0.3) is 5.91 Å². The first kappa shape index (κ1) is 13.0. The molecule has 0 saturated carbocycles. The van der Waals surface area contributed by atoms with Crippen molar-refractivity contribution in [2.75, 3.05) is 5.32 Å². The molecule has 0 aliphatic carbocycles. The number of rotatable bonds is 2. The monoisotopic (exact) mass is 268 g/mol. The Morgan fingerprint density at radius 1 is 1.32 bits per heavy atom. The highest BCUT2D eigenvalue weighted by Gasteiger charge is 2.19. The van der Waals surface area contributed by atoms with E-state index in [1.165, 1.54) is 20.0 Å². The molecular weight excluding hydrogens is 258 g/mol. The lowest BCUT2D eigenvalue weighted by atomic mass is 10.2. The highest BCUT2D eigenvalue weighted by molar-refractivity contribution is 6.04. The Morgan fingerprint density at radius 3 is 2.53 bits per heavy atom. The fourth-order valence-corrected chi connectivity index (χ4v) is 1.57. The minimum atomic E-state index is -1.09. The Kier molecular flexibility index (Phi) is 3.20. The van der Waals surface area contributed by atoms with E-state index in [4.69, 9.17) is 4.52 Å². The van der Waals surface area contributed by atoms with Crippen molar-refractivity contribution < 1.29 is 18.1 Å². The van der Waals surface area contributed by atoms with Crippen molar-refractivity contribution in [2.45, 2.75) is 6.92 Å². The summed E-state index contributed by atoms with van der Waals surface area (Å²) in [6.07, 6.45) is 0. The molecule has 0 radical (unpaired) electrons. The van der Waals surface area contributed by atoms with Gasteiger partial charge in [0.15, 0.2) is 11.6 Å². The number of carbonyl (C=O) groups excluding carboxylic acids is 1. The molecule has 0 aliphatic heterocycles. The van der Waals surface area contributed by atoms with E-state index in [1.54, 1.807) is 0 Å². The second kappa shape index (κ2) is 4.68. The van der Waals surface area contributed by atoms with Crippen LogP contribution in [0.1, 0.15) is 16.1 Å². The Labute approximate surface area is 106 Å². The van der Waals surface area contributed by atoms with Crippen LogP contribution in [0.3, 0.4) is 0 Å². The van der Waals surface area contributed by atoms with E-state index in [2.05, 4.69) is 5.32 Å². The van der Waals surface area contributed by atoms with Crippen LogP contribution in [-0.2, 0) is 7.05 Å². The van der Waals surface area contributed by atoms with E-state index in [0.29, 0.717) is 5.69 Å². The molecular formula is C12H10F2N2O3. The zero-order valence-corrected chi connectivity index (χ0v) is 10.2. The number of halogens is 2. The van der Waals surface area contributed by atoms with Gasteiger partial charge in [-0.15, -0.1) is 0 Å². The van der Waals surface area contributed by atoms with E-state index in [-0.39, 0.29) is 11.3 Å². The zero-order chi connectivity index (χ0) is 14.2. The standard InChI is InChI=1S/C12H10F2N2O3/c1-6-10(12(18)19-16(6)2)11(17)15-7-3-4-8(13)9(14)5-7/h3-5H,1-2H3,(H,15,17). The molecule has 0 bridgehead atoms. The number of aromatic nitrogens is 1. The Balaban J connectivity index is 2.31. The number of hydrogen-bond donors (Lipinski definition) is 1. The van der Waals surface area contributed by atoms with Crippen LogP contribution in [0, 0.1) is 18.6 Å². The van der Waals surface area contributed by atoms with Gasteiger partial charge in [0, 0.05) is 18.8 Å². The van der Waals surface area contributed by atoms with Crippen LogP contribution < -0.4 is 10.9 Å². The number of benzene rings is 1. The second-order valence-electron chi connectivity index (χ2n) is 3.92. The Morgan fingerprint density at radius 2 is 2.00 bits per heavy atom. The average Bonchev–Trinajstić information content (AvgIpc) is 2.58. The van der Waals surface area contributed by atoms with Gasteiger partial charge in [-0.1, -0.05) is 0 Å². The van der Waals surface area contributed by atoms with Gasteiger partial charge in [0.1, 0.15) is 5.56 Å². The maximum Gasteiger partial charge on any atom is 0.370 e. The molecule has 0 saturated heterocycles. The quantitative estimate of drug-likeness (QED) is 0.903. The first-order valence-corrected chi connectivity index (χ1v) is 5.33. The lowest BCUT2D eigenvalue weighted by Gasteiger charge is -2.04. The van der Waals surface area contributed by atoms with E-state index in [9.17, 15) is 18.4 Å². The van der Waals surface area contributed by atoms with Crippen molar-refractivity contribution in [1.82, 2.24) is 4.74 Å². The van der Waals surface area contributed by atoms with Crippen molar-refractivity contribution in [3.8, 4) is 0 Å². The van der Waals surface area contributed by atoms with Gasteiger partial charge in [0.05, 0.1) is 5.69 Å². The SMILES string of the molecule is Cc1c(C(=O)Nc2ccc(F)c(F)c2)c(=O)on1C. The van der Waals surface area contributed by atoms with Gasteiger partial charge in [-0.25, -0.2) is 18.3 Å². The summed E-state index contributed by atoms with van der Waals surface area (Å²) in [5, 5.41) is 2.30. The Bertz CT molecular complexity index is 703. The number of hydrogen-bond acceptors (Lipinski definition) is 3. The summed E-state index contributed by atoms with van der Waals surface area (Å²) in [6, 6.07) is 2.90. The summed E-state index contributed by atoms with van der Waals surface area (Å²) in [5.74, 6) is -2.85. The molecule has 1 amide bonds. The van der Waals surface area contributed by atoms with Crippen LogP contribution in [0.5, 0.6) is 0 Å². The smallest absolute Gasteiger partial charge is 0.336 e. The summed E-state index contributed by atoms with van der Waals surface area (Å²) in [6.45, 7) is 1.53. The van der Waals surface area contributed by atoms with Gasteiger partial charge in [0.2, 0.25) is 0 Å². The van der Waals surface area contributed by atoms with Crippen molar-refractivity contribution in [1.29, 1.82) is 0 Å². The molecule has 1 aromatic heterocycles. The first-order valence-electron chi connectivity index (χ1n) is 5.33. The molecule has 19 heavy (non-hydrogen) atoms. The molecule has 0 unspecified atom stereocenters. The number of anilines is 1. The summed E-state index contributed by atoms with van der Waals surface area (Å²) in [4.78, 5) is 23.3. The number of amides is 1. The van der Waals surface area contributed by atoms with Gasteiger partial charge in [-0.3, -0.25) is 4.79 Å². The van der Waals surface area contributed by atoms with Crippen LogP contribution in [-0.4, -0.2) is 10.6 Å². The van der Waals surface area contributed by atoms with Crippen LogP contribution in [0.4, 0.5) is 14.5 Å². The lowest BCUT2D eigenvalue weighted by molar-refractivity contribution is 0.102. The number of nitrogens with one attached hydrogen (secondary N) is 1. The van der Waals surface area contributed by atoms with Crippen LogP contribution in [0.25, 0.3) is 0 Å². The van der Waals surface area contributed by atoms with Crippen LogP contribution in [0.15, 0.2) is 27.5 Å². The van der Waals surface area contributed by atoms with Gasteiger partial charge in [-0.2, -0.15) is 0 Å². The van der Waals surface area contributed by atoms with Gasteiger partial charge in [-0.05, 0) is 19.1 Å². The minimum absolute atomic E-state index is 0.0477. The molecule has 1 heterocycles. The third-order valence-electron chi connectivity index (χ3n) is 2.66. The first-order chi connectivity index (χ1) is 8.90. The minimum Gasteiger partial charge on any atom is -0.336 e. The third-order valence-corrected chi connectivity index (χ3v) is 2.66. The van der Waals surface area contributed by atoms with E-state index in [1.807, 2.05) is 0 Å². The van der Waals surface area contributed by atoms with E-state index < -0.39 is 23.2 Å². The predicted octanol–water partition coefficient (Wildman–Crippen LogP) is 1.82. The number of aryl methyl sites for hydroxylation is 1. The molecule has 0 aliphatic rings. The zero-order valence-electron chi connectivity index (χ0n) is 10.2. The topological polar surface area (TPSA) is 64.2 Å². The molecule has 100 valence electrons. The Hall–Kier alpha value is -2.44. The molecule has 2 rings (SSSR count). The van der Waals surface area contributed by atoms with Crippen molar-refractivity contribution in [3.63, 3.8) is 0 Å². The van der Waals surface area contributed by atoms with Crippen molar-refractivity contribution >= 4 is 11.6 Å². The maximum absolute atomic E-state index is 13.0. The highest BCUT2D eigenvalue weighted by atomic mass is 19.2. The molecule has 1 N–H and O–H groups in total. The lowest BCUT2D eigenvalue weighted by Crippen LogP contribution is -2.19.